The number of hydrogen-bond donors (Lipinski definition) is 1. The van der Waals surface area contributed by atoms with Crippen LogP contribution < -0.4 is 5.32 Å². The van der Waals surface area contributed by atoms with Gasteiger partial charge in [0.1, 0.15) is 0 Å². The Morgan fingerprint density at radius 2 is 2.16 bits per heavy atom. The van der Waals surface area contributed by atoms with Gasteiger partial charge in [0.15, 0.2) is 4.34 Å². The summed E-state index contributed by atoms with van der Waals surface area (Å²) >= 11 is 8.80. The van der Waals surface area contributed by atoms with Crippen LogP contribution in [0.4, 0.5) is 0 Å². The molecule has 0 unspecified atom stereocenters. The van der Waals surface area contributed by atoms with Crippen LogP contribution in [-0.4, -0.2) is 46.2 Å². The van der Waals surface area contributed by atoms with E-state index in [0.29, 0.717) is 22.0 Å². The number of carbonyl (C=O) groups is 1. The number of nitrogens with one attached hydrogen (secondary N) is 1. The standard InChI is InChI=1S/C17H19ClN4OS2/c1-10-14(11-5-7-22(10)8-6-11)19-15(23)16-20-21-17(25-16)24-13-4-2-3-12(18)9-13/h2-4,9-11,14H,5-8H2,1H3,(H,19,23)/t10-,14-/m0/s1. The van der Waals surface area contributed by atoms with Crippen LogP contribution in [0.5, 0.6) is 0 Å². The SMILES string of the molecule is C[C@H]1[C@H](NC(=O)c2nnc(Sc3cccc(Cl)c3)s2)C2CCN1CC2. The summed E-state index contributed by atoms with van der Waals surface area (Å²) in [5, 5.41) is 12.5. The summed E-state index contributed by atoms with van der Waals surface area (Å²) in [7, 11) is 0. The molecule has 1 aromatic carbocycles. The summed E-state index contributed by atoms with van der Waals surface area (Å²) in [4.78, 5) is 16.1. The number of aromatic nitrogens is 2. The van der Waals surface area contributed by atoms with Crippen LogP contribution >= 0.6 is 34.7 Å². The molecule has 8 heteroatoms. The van der Waals surface area contributed by atoms with Crippen LogP contribution in [0, 0.1) is 5.92 Å². The Balaban J connectivity index is 1.42. The van der Waals surface area contributed by atoms with Crippen molar-refractivity contribution < 1.29 is 4.79 Å². The second-order valence-electron chi connectivity index (χ2n) is 6.55. The minimum atomic E-state index is -0.110. The van der Waals surface area contributed by atoms with E-state index in [4.69, 9.17) is 11.6 Å². The van der Waals surface area contributed by atoms with Crippen LogP contribution in [-0.2, 0) is 0 Å². The van der Waals surface area contributed by atoms with E-state index in [2.05, 4.69) is 27.3 Å². The summed E-state index contributed by atoms with van der Waals surface area (Å²) in [5.74, 6) is 0.471. The predicted octanol–water partition coefficient (Wildman–Crippen LogP) is 3.56. The molecule has 0 radical (unpaired) electrons. The number of carbonyl (C=O) groups excluding carboxylic acids is 1. The molecular weight excluding hydrogens is 376 g/mol. The maximum Gasteiger partial charge on any atom is 0.282 e. The molecule has 2 bridgehead atoms. The van der Waals surface area contributed by atoms with Gasteiger partial charge >= 0.3 is 0 Å². The summed E-state index contributed by atoms with van der Waals surface area (Å²) in [6, 6.07) is 8.18. The second-order valence-corrected chi connectivity index (χ2v) is 9.28. The van der Waals surface area contributed by atoms with Gasteiger partial charge in [-0.2, -0.15) is 0 Å². The molecule has 3 aliphatic heterocycles. The van der Waals surface area contributed by atoms with Crippen molar-refractivity contribution in [3.8, 4) is 0 Å². The molecule has 3 aliphatic rings. The molecule has 3 saturated heterocycles. The molecule has 1 amide bonds. The molecule has 0 spiro atoms. The van der Waals surface area contributed by atoms with Crippen molar-refractivity contribution in [3.63, 3.8) is 0 Å². The van der Waals surface area contributed by atoms with Gasteiger partial charge in [-0.15, -0.1) is 10.2 Å². The maximum atomic E-state index is 12.6. The van der Waals surface area contributed by atoms with Gasteiger partial charge in [0.05, 0.1) is 0 Å². The topological polar surface area (TPSA) is 58.1 Å². The summed E-state index contributed by atoms with van der Waals surface area (Å²) in [6.07, 6.45) is 2.34. The summed E-state index contributed by atoms with van der Waals surface area (Å²) < 4.78 is 0.745. The molecule has 0 aliphatic carbocycles. The highest BCUT2D eigenvalue weighted by Crippen LogP contribution is 2.33. The molecule has 5 rings (SSSR count). The average Bonchev–Trinajstić information content (AvgIpc) is 3.07. The van der Waals surface area contributed by atoms with Gasteiger partial charge in [0.2, 0.25) is 5.01 Å². The van der Waals surface area contributed by atoms with Crippen molar-refractivity contribution in [2.45, 2.75) is 41.1 Å². The Morgan fingerprint density at radius 3 is 2.88 bits per heavy atom. The summed E-state index contributed by atoms with van der Waals surface area (Å²) in [6.45, 7) is 4.51. The fourth-order valence-corrected chi connectivity index (χ4v) is 5.78. The molecule has 132 valence electrons. The molecular formula is C17H19ClN4OS2. The van der Waals surface area contributed by atoms with Crippen LogP contribution in [0.1, 0.15) is 29.6 Å². The number of nitrogens with zero attached hydrogens (tertiary/aromatic N) is 3. The maximum absolute atomic E-state index is 12.6. The lowest BCUT2D eigenvalue weighted by atomic mass is 9.79. The molecule has 2 aromatic rings. The fourth-order valence-electron chi connectivity index (χ4n) is 3.73. The van der Waals surface area contributed by atoms with Gasteiger partial charge in [-0.25, -0.2) is 0 Å². The number of rotatable bonds is 4. The van der Waals surface area contributed by atoms with Crippen LogP contribution in [0.3, 0.4) is 0 Å². The minimum Gasteiger partial charge on any atom is -0.345 e. The normalized spacial score (nSPS) is 28.1. The third-order valence-corrected chi connectivity index (χ3v) is 7.28. The number of amides is 1. The van der Waals surface area contributed by atoms with Gasteiger partial charge in [-0.3, -0.25) is 9.69 Å². The molecule has 2 atom stereocenters. The average molecular weight is 395 g/mol. The molecule has 0 saturated carbocycles. The first kappa shape index (κ1) is 17.3. The number of halogens is 1. The van der Waals surface area contributed by atoms with Crippen molar-refractivity contribution >= 4 is 40.6 Å². The zero-order valence-corrected chi connectivity index (χ0v) is 16.2. The lowest BCUT2D eigenvalue weighted by Gasteiger charge is -2.49. The lowest BCUT2D eigenvalue weighted by Crippen LogP contribution is -2.62. The van der Waals surface area contributed by atoms with Gasteiger partial charge in [-0.05, 0) is 57.0 Å². The van der Waals surface area contributed by atoms with Crippen molar-refractivity contribution in [2.24, 2.45) is 5.92 Å². The van der Waals surface area contributed by atoms with Crippen molar-refractivity contribution in [1.82, 2.24) is 20.4 Å². The fraction of sp³-hybridized carbons (Fsp3) is 0.471. The smallest absolute Gasteiger partial charge is 0.282 e. The van der Waals surface area contributed by atoms with Crippen molar-refractivity contribution in [1.29, 1.82) is 0 Å². The van der Waals surface area contributed by atoms with Crippen LogP contribution in [0.15, 0.2) is 33.5 Å². The Bertz CT molecular complexity index is 774. The monoisotopic (exact) mass is 394 g/mol. The van der Waals surface area contributed by atoms with E-state index in [-0.39, 0.29) is 11.9 Å². The molecule has 25 heavy (non-hydrogen) atoms. The van der Waals surface area contributed by atoms with Crippen LogP contribution in [0.2, 0.25) is 5.02 Å². The number of fused-ring (bicyclic) bond motifs is 3. The van der Waals surface area contributed by atoms with Crippen molar-refractivity contribution in [2.75, 3.05) is 13.1 Å². The van der Waals surface area contributed by atoms with E-state index < -0.39 is 0 Å². The van der Waals surface area contributed by atoms with E-state index in [9.17, 15) is 4.79 Å². The third-order valence-electron chi connectivity index (χ3n) is 5.08. The zero-order chi connectivity index (χ0) is 17.4. The zero-order valence-electron chi connectivity index (χ0n) is 13.8. The first-order valence-corrected chi connectivity index (χ1v) is 10.4. The lowest BCUT2D eigenvalue weighted by molar-refractivity contribution is 0.0217. The van der Waals surface area contributed by atoms with E-state index in [1.165, 1.54) is 35.9 Å². The van der Waals surface area contributed by atoms with E-state index in [1.807, 2.05) is 24.3 Å². The predicted molar refractivity (Wildman–Crippen MR) is 100 cm³/mol. The largest absolute Gasteiger partial charge is 0.345 e. The highest BCUT2D eigenvalue weighted by Gasteiger charge is 2.40. The Morgan fingerprint density at radius 1 is 1.36 bits per heavy atom. The first-order valence-electron chi connectivity index (χ1n) is 8.42. The third kappa shape index (κ3) is 3.69. The number of benzene rings is 1. The van der Waals surface area contributed by atoms with Gasteiger partial charge in [0.25, 0.3) is 5.91 Å². The number of piperidine rings is 3. The Kier molecular flexibility index (Phi) is 4.99. The molecule has 3 fully saturated rings. The summed E-state index contributed by atoms with van der Waals surface area (Å²) in [5.41, 5.74) is 0. The molecule has 5 nitrogen and oxygen atoms in total. The van der Waals surface area contributed by atoms with Crippen LogP contribution in [0.25, 0.3) is 0 Å². The highest BCUT2D eigenvalue weighted by molar-refractivity contribution is 8.01. The second kappa shape index (κ2) is 7.23. The number of hydrogen-bond acceptors (Lipinski definition) is 6. The molecule has 1 aromatic heterocycles. The van der Waals surface area contributed by atoms with Gasteiger partial charge < -0.3 is 5.32 Å². The van der Waals surface area contributed by atoms with E-state index in [1.54, 1.807) is 0 Å². The van der Waals surface area contributed by atoms with E-state index in [0.717, 1.165) is 22.3 Å². The van der Waals surface area contributed by atoms with E-state index >= 15 is 0 Å². The molecule has 1 N–H and O–H groups in total. The van der Waals surface area contributed by atoms with Gasteiger partial charge in [0, 0.05) is 22.0 Å². The highest BCUT2D eigenvalue weighted by atomic mass is 35.5. The first-order chi connectivity index (χ1) is 12.1. The van der Waals surface area contributed by atoms with Crippen molar-refractivity contribution in [3.05, 3.63) is 34.3 Å². The minimum absolute atomic E-state index is 0.110. The Labute approximate surface area is 160 Å². The Hall–Kier alpha value is -1.15. The molecule has 4 heterocycles. The quantitative estimate of drug-likeness (QED) is 0.859. The van der Waals surface area contributed by atoms with Gasteiger partial charge in [-0.1, -0.05) is 40.8 Å².